The zero-order valence-corrected chi connectivity index (χ0v) is 15.1. The van der Waals surface area contributed by atoms with Crippen LogP contribution < -0.4 is 0 Å². The van der Waals surface area contributed by atoms with Crippen molar-refractivity contribution in [3.8, 4) is 0 Å². The second-order valence-electron chi connectivity index (χ2n) is 8.00. The summed E-state index contributed by atoms with van der Waals surface area (Å²) in [6.45, 7) is 1.93. The van der Waals surface area contributed by atoms with Gasteiger partial charge in [0.15, 0.2) is 5.78 Å². The highest BCUT2D eigenvalue weighted by Gasteiger charge is 2.57. The van der Waals surface area contributed by atoms with E-state index in [2.05, 4.69) is 12.2 Å². The Morgan fingerprint density at radius 1 is 1.11 bits per heavy atom. The van der Waals surface area contributed by atoms with E-state index in [1.165, 1.54) is 4.90 Å². The molecule has 138 valence electrons. The summed E-state index contributed by atoms with van der Waals surface area (Å²) in [5.41, 5.74) is 2.12. The molecule has 1 saturated carbocycles. The number of amides is 2. The number of imide groups is 1. The zero-order chi connectivity index (χ0) is 18.7. The van der Waals surface area contributed by atoms with Gasteiger partial charge in [0.05, 0.1) is 6.04 Å². The number of Topliss-reactive ketones (excluding diaryl/α,β-unsaturated/α-hetero) is 1. The van der Waals surface area contributed by atoms with Gasteiger partial charge in [-0.2, -0.15) is 0 Å². The maximum absolute atomic E-state index is 13.4. The van der Waals surface area contributed by atoms with Crippen molar-refractivity contribution < 1.29 is 19.1 Å². The summed E-state index contributed by atoms with van der Waals surface area (Å²) in [5.74, 6) is 0.00553. The quantitative estimate of drug-likeness (QED) is 0.775. The molecule has 0 N–H and O–H groups in total. The van der Waals surface area contributed by atoms with Gasteiger partial charge >= 0.3 is 6.09 Å². The Morgan fingerprint density at radius 3 is 2.56 bits per heavy atom. The first-order chi connectivity index (χ1) is 13.1. The standard InChI is InChI=1S/C22H21NO4/c1-12-17(18-14-7-8-15(10-14)19(18)20(12)24)21(25)23-16(11-27-22(23)26)9-13-5-3-2-4-6-13/h2-8,14-16,18-19H,9-11H2,1H3/t14-,15+,16+,18-,19-/m1/s1. The summed E-state index contributed by atoms with van der Waals surface area (Å²) in [5, 5.41) is 0. The maximum atomic E-state index is 13.4. The number of allylic oxidation sites excluding steroid dienone is 3. The fourth-order valence-corrected chi connectivity index (χ4v) is 5.38. The number of rotatable bonds is 3. The lowest BCUT2D eigenvalue weighted by Crippen LogP contribution is -2.42. The monoisotopic (exact) mass is 363 g/mol. The van der Waals surface area contributed by atoms with Crippen molar-refractivity contribution >= 4 is 17.8 Å². The van der Waals surface area contributed by atoms with Crippen LogP contribution in [0.15, 0.2) is 53.6 Å². The molecule has 3 aliphatic carbocycles. The van der Waals surface area contributed by atoms with E-state index in [-0.39, 0.29) is 48.0 Å². The van der Waals surface area contributed by atoms with E-state index in [0.29, 0.717) is 17.6 Å². The predicted octanol–water partition coefficient (Wildman–Crippen LogP) is 2.91. The lowest BCUT2D eigenvalue weighted by atomic mass is 9.81. The number of ketones is 1. The zero-order valence-electron chi connectivity index (χ0n) is 15.1. The van der Waals surface area contributed by atoms with Crippen LogP contribution >= 0.6 is 0 Å². The summed E-state index contributed by atoms with van der Waals surface area (Å²) in [6.07, 6.45) is 5.14. The molecule has 27 heavy (non-hydrogen) atoms. The molecule has 5 atom stereocenters. The molecule has 2 bridgehead atoms. The minimum absolute atomic E-state index is 0.0763. The normalized spacial score (nSPS) is 33.8. The van der Waals surface area contributed by atoms with Gasteiger partial charge in [-0.3, -0.25) is 9.59 Å². The molecule has 1 heterocycles. The summed E-state index contributed by atoms with van der Waals surface area (Å²) >= 11 is 0. The first-order valence-electron chi connectivity index (χ1n) is 9.54. The van der Waals surface area contributed by atoms with Gasteiger partial charge in [0.1, 0.15) is 6.61 Å². The molecule has 0 unspecified atom stereocenters. The molecule has 0 radical (unpaired) electrons. The SMILES string of the molecule is CC1=C(C(=O)N2C(=O)OC[C@@H]2Cc2ccccc2)[C@@H]2[C@H](C1=O)[C@H]1C=C[C@@H]2C1. The lowest BCUT2D eigenvalue weighted by molar-refractivity contribution is -0.125. The summed E-state index contributed by atoms with van der Waals surface area (Å²) in [6, 6.07) is 9.43. The van der Waals surface area contributed by atoms with Crippen molar-refractivity contribution in [2.24, 2.45) is 23.7 Å². The van der Waals surface area contributed by atoms with Crippen LogP contribution in [-0.4, -0.2) is 35.3 Å². The van der Waals surface area contributed by atoms with Gasteiger partial charge in [-0.25, -0.2) is 9.69 Å². The molecule has 0 spiro atoms. The largest absolute Gasteiger partial charge is 0.447 e. The van der Waals surface area contributed by atoms with E-state index in [4.69, 9.17) is 4.74 Å². The highest BCUT2D eigenvalue weighted by molar-refractivity contribution is 6.14. The molecule has 5 nitrogen and oxygen atoms in total. The van der Waals surface area contributed by atoms with E-state index in [9.17, 15) is 14.4 Å². The van der Waals surface area contributed by atoms with Crippen LogP contribution in [0, 0.1) is 23.7 Å². The van der Waals surface area contributed by atoms with E-state index in [1.807, 2.05) is 30.3 Å². The molecule has 4 aliphatic rings. The third-order valence-electron chi connectivity index (χ3n) is 6.59. The molecule has 1 aromatic carbocycles. The van der Waals surface area contributed by atoms with Gasteiger partial charge < -0.3 is 4.74 Å². The van der Waals surface area contributed by atoms with Crippen molar-refractivity contribution in [3.05, 3.63) is 59.2 Å². The summed E-state index contributed by atoms with van der Waals surface area (Å²) in [7, 11) is 0. The fourth-order valence-electron chi connectivity index (χ4n) is 5.38. The maximum Gasteiger partial charge on any atom is 0.417 e. The molecule has 1 aliphatic heterocycles. The van der Waals surface area contributed by atoms with Crippen molar-refractivity contribution in [3.63, 3.8) is 0 Å². The number of fused-ring (bicyclic) bond motifs is 5. The number of ether oxygens (including phenoxy) is 1. The molecule has 1 saturated heterocycles. The second-order valence-corrected chi connectivity index (χ2v) is 8.00. The molecular weight excluding hydrogens is 342 g/mol. The lowest BCUT2D eigenvalue weighted by Gasteiger charge is -2.26. The molecule has 5 heteroatoms. The second kappa shape index (κ2) is 5.91. The molecule has 2 fully saturated rings. The minimum atomic E-state index is -0.601. The van der Waals surface area contributed by atoms with Crippen LogP contribution in [0.4, 0.5) is 4.79 Å². The highest BCUT2D eigenvalue weighted by atomic mass is 16.6. The Kier molecular flexibility index (Phi) is 3.61. The Bertz CT molecular complexity index is 900. The van der Waals surface area contributed by atoms with Gasteiger partial charge in [-0.05, 0) is 37.2 Å². The minimum Gasteiger partial charge on any atom is -0.447 e. The van der Waals surface area contributed by atoms with E-state index in [1.54, 1.807) is 6.92 Å². The van der Waals surface area contributed by atoms with Crippen LogP contribution in [0.2, 0.25) is 0 Å². The van der Waals surface area contributed by atoms with Crippen LogP contribution in [0.25, 0.3) is 0 Å². The third-order valence-corrected chi connectivity index (χ3v) is 6.59. The number of hydrogen-bond acceptors (Lipinski definition) is 4. The number of carbonyl (C=O) groups excluding carboxylic acids is 3. The number of benzene rings is 1. The first kappa shape index (κ1) is 16.5. The van der Waals surface area contributed by atoms with Crippen LogP contribution in [0.5, 0.6) is 0 Å². The molecular formula is C22H21NO4. The van der Waals surface area contributed by atoms with E-state index < -0.39 is 6.09 Å². The summed E-state index contributed by atoms with van der Waals surface area (Å²) in [4.78, 5) is 39.8. The van der Waals surface area contributed by atoms with Crippen LogP contribution in [0.1, 0.15) is 18.9 Å². The van der Waals surface area contributed by atoms with Gasteiger partial charge in [0, 0.05) is 23.0 Å². The fraction of sp³-hybridized carbons (Fsp3) is 0.409. The topological polar surface area (TPSA) is 63.7 Å². The Morgan fingerprint density at radius 2 is 1.81 bits per heavy atom. The molecule has 1 aromatic rings. The number of nitrogens with zero attached hydrogens (tertiary/aromatic N) is 1. The van der Waals surface area contributed by atoms with Crippen LogP contribution in [-0.2, 0) is 20.7 Å². The first-order valence-corrected chi connectivity index (χ1v) is 9.54. The Balaban J connectivity index is 1.46. The van der Waals surface area contributed by atoms with Gasteiger partial charge in [-0.15, -0.1) is 0 Å². The third kappa shape index (κ3) is 2.34. The molecule has 5 rings (SSSR count). The smallest absolute Gasteiger partial charge is 0.417 e. The highest BCUT2D eigenvalue weighted by Crippen LogP contribution is 2.56. The number of hydrogen-bond donors (Lipinski definition) is 0. The predicted molar refractivity (Wildman–Crippen MR) is 97.6 cm³/mol. The molecule has 0 aromatic heterocycles. The Labute approximate surface area is 157 Å². The summed E-state index contributed by atoms with van der Waals surface area (Å²) < 4.78 is 5.21. The van der Waals surface area contributed by atoms with E-state index in [0.717, 1.165) is 12.0 Å². The van der Waals surface area contributed by atoms with E-state index >= 15 is 0 Å². The van der Waals surface area contributed by atoms with Crippen molar-refractivity contribution in [2.75, 3.05) is 6.61 Å². The van der Waals surface area contributed by atoms with Crippen molar-refractivity contribution in [1.82, 2.24) is 4.90 Å². The van der Waals surface area contributed by atoms with Gasteiger partial charge in [0.25, 0.3) is 5.91 Å². The Hall–Kier alpha value is -2.69. The average molecular weight is 363 g/mol. The molecule has 2 amide bonds. The van der Waals surface area contributed by atoms with Crippen LogP contribution in [0.3, 0.4) is 0 Å². The van der Waals surface area contributed by atoms with Crippen molar-refractivity contribution in [1.29, 1.82) is 0 Å². The van der Waals surface area contributed by atoms with Gasteiger partial charge in [-0.1, -0.05) is 42.5 Å². The number of carbonyl (C=O) groups is 3. The average Bonchev–Trinajstić information content (AvgIpc) is 3.41. The van der Waals surface area contributed by atoms with Crippen molar-refractivity contribution in [2.45, 2.75) is 25.8 Å². The van der Waals surface area contributed by atoms with Gasteiger partial charge in [0.2, 0.25) is 0 Å². The number of cyclic esters (lactones) is 1.